The van der Waals surface area contributed by atoms with E-state index in [0.29, 0.717) is 5.56 Å². The number of benzene rings is 1. The Kier molecular flexibility index (Phi) is 4.77. The molecular formula is C16H14FNO3. The molecule has 21 heavy (non-hydrogen) atoms. The van der Waals surface area contributed by atoms with Crippen LogP contribution in [0.1, 0.15) is 23.7 Å². The first-order chi connectivity index (χ1) is 10.1. The van der Waals surface area contributed by atoms with Gasteiger partial charge in [0, 0.05) is 12.4 Å². The summed E-state index contributed by atoms with van der Waals surface area (Å²) >= 11 is 0. The van der Waals surface area contributed by atoms with Crippen molar-refractivity contribution in [3.05, 3.63) is 54.1 Å². The molecule has 0 saturated heterocycles. The highest BCUT2D eigenvalue weighted by Gasteiger charge is 2.17. The summed E-state index contributed by atoms with van der Waals surface area (Å²) in [6.07, 6.45) is 2.75. The number of ketones is 1. The lowest BCUT2D eigenvalue weighted by Gasteiger charge is -2.06. The van der Waals surface area contributed by atoms with Crippen molar-refractivity contribution in [1.82, 2.24) is 4.98 Å². The molecule has 2 aromatic rings. The fourth-order valence-electron chi connectivity index (χ4n) is 1.90. The van der Waals surface area contributed by atoms with Gasteiger partial charge in [0.1, 0.15) is 12.2 Å². The van der Waals surface area contributed by atoms with Gasteiger partial charge in [-0.1, -0.05) is 6.07 Å². The number of esters is 1. The van der Waals surface area contributed by atoms with Crippen LogP contribution < -0.4 is 0 Å². The summed E-state index contributed by atoms with van der Waals surface area (Å²) in [4.78, 5) is 27.0. The fraction of sp³-hybridized carbons (Fsp3) is 0.188. The molecule has 0 atom stereocenters. The Morgan fingerprint density at radius 1 is 1.14 bits per heavy atom. The molecule has 0 unspecified atom stereocenters. The highest BCUT2D eigenvalue weighted by Crippen LogP contribution is 2.22. The van der Waals surface area contributed by atoms with Crippen LogP contribution in [0.2, 0.25) is 0 Å². The van der Waals surface area contributed by atoms with Crippen LogP contribution in [0.15, 0.2) is 42.7 Å². The molecule has 0 spiro atoms. The molecule has 0 aliphatic heterocycles. The molecule has 0 fully saturated rings. The average Bonchev–Trinajstić information content (AvgIpc) is 2.48. The number of Topliss-reactive ketones (excluding diaryl/α,β-unsaturated/α-hetero) is 1. The van der Waals surface area contributed by atoms with E-state index in [1.807, 2.05) is 0 Å². The van der Waals surface area contributed by atoms with Crippen LogP contribution in [-0.2, 0) is 9.53 Å². The molecule has 0 radical (unpaired) electrons. The Bertz CT molecular complexity index is 656. The predicted molar refractivity (Wildman–Crippen MR) is 75.2 cm³/mol. The zero-order valence-corrected chi connectivity index (χ0v) is 11.5. The molecule has 1 heterocycles. The molecule has 1 aromatic carbocycles. The van der Waals surface area contributed by atoms with Crippen LogP contribution in [0.4, 0.5) is 4.39 Å². The van der Waals surface area contributed by atoms with E-state index in [2.05, 4.69) is 9.72 Å². The van der Waals surface area contributed by atoms with E-state index in [1.54, 1.807) is 37.5 Å². The van der Waals surface area contributed by atoms with Gasteiger partial charge in [-0.25, -0.2) is 4.39 Å². The third-order valence-electron chi connectivity index (χ3n) is 2.89. The predicted octanol–water partition coefficient (Wildman–Crippen LogP) is 3.02. The summed E-state index contributed by atoms with van der Waals surface area (Å²) in [7, 11) is 0. The van der Waals surface area contributed by atoms with Crippen molar-refractivity contribution in [2.45, 2.75) is 13.3 Å². The SMILES string of the molecule is CCOC(=O)CC(=O)c1ccc(-c2ccncc2)cc1F. The van der Waals surface area contributed by atoms with Gasteiger partial charge in [0.25, 0.3) is 0 Å². The number of carbonyl (C=O) groups is 2. The van der Waals surface area contributed by atoms with Crippen molar-refractivity contribution < 1.29 is 18.7 Å². The normalized spacial score (nSPS) is 10.2. The first-order valence-electron chi connectivity index (χ1n) is 6.50. The van der Waals surface area contributed by atoms with Crippen LogP contribution in [0.5, 0.6) is 0 Å². The maximum atomic E-state index is 14.0. The Hall–Kier alpha value is -2.56. The lowest BCUT2D eigenvalue weighted by molar-refractivity contribution is -0.141. The molecule has 108 valence electrons. The van der Waals surface area contributed by atoms with Gasteiger partial charge in [0.2, 0.25) is 0 Å². The summed E-state index contributed by atoms with van der Waals surface area (Å²) < 4.78 is 18.7. The number of aromatic nitrogens is 1. The minimum absolute atomic E-state index is 0.110. The number of pyridine rings is 1. The summed E-state index contributed by atoms with van der Waals surface area (Å²) in [6, 6.07) is 7.78. The Morgan fingerprint density at radius 2 is 1.86 bits per heavy atom. The van der Waals surface area contributed by atoms with Crippen LogP contribution in [-0.4, -0.2) is 23.3 Å². The lowest BCUT2D eigenvalue weighted by atomic mass is 10.0. The monoisotopic (exact) mass is 287 g/mol. The highest BCUT2D eigenvalue weighted by molar-refractivity contribution is 6.06. The van der Waals surface area contributed by atoms with Gasteiger partial charge in [-0.3, -0.25) is 14.6 Å². The van der Waals surface area contributed by atoms with E-state index >= 15 is 0 Å². The van der Waals surface area contributed by atoms with E-state index in [-0.39, 0.29) is 12.2 Å². The van der Waals surface area contributed by atoms with Gasteiger partial charge in [0.15, 0.2) is 5.78 Å². The van der Waals surface area contributed by atoms with Crippen molar-refractivity contribution in [2.75, 3.05) is 6.61 Å². The maximum absolute atomic E-state index is 14.0. The van der Waals surface area contributed by atoms with Gasteiger partial charge < -0.3 is 4.74 Å². The number of ether oxygens (including phenoxy) is 1. The molecule has 2 rings (SSSR count). The van der Waals surface area contributed by atoms with E-state index < -0.39 is 24.0 Å². The second-order valence-corrected chi connectivity index (χ2v) is 4.34. The smallest absolute Gasteiger partial charge is 0.313 e. The molecule has 5 heteroatoms. The fourth-order valence-corrected chi connectivity index (χ4v) is 1.90. The molecule has 0 aliphatic carbocycles. The molecule has 1 aromatic heterocycles. The van der Waals surface area contributed by atoms with Crippen molar-refractivity contribution >= 4 is 11.8 Å². The van der Waals surface area contributed by atoms with Gasteiger partial charge in [0.05, 0.1) is 12.2 Å². The number of nitrogens with zero attached hydrogens (tertiary/aromatic N) is 1. The third kappa shape index (κ3) is 3.72. The number of hydrogen-bond donors (Lipinski definition) is 0. The maximum Gasteiger partial charge on any atom is 0.313 e. The van der Waals surface area contributed by atoms with E-state index in [9.17, 15) is 14.0 Å². The lowest BCUT2D eigenvalue weighted by Crippen LogP contribution is -2.12. The Labute approximate surface area is 121 Å². The summed E-state index contributed by atoms with van der Waals surface area (Å²) in [5.41, 5.74) is 1.33. The molecule has 0 aliphatic rings. The minimum atomic E-state index is -0.654. The number of halogens is 1. The zero-order valence-electron chi connectivity index (χ0n) is 11.5. The standard InChI is InChI=1S/C16H14FNO3/c1-2-21-16(20)10-15(19)13-4-3-12(9-14(13)17)11-5-7-18-8-6-11/h3-9H,2,10H2,1H3. The van der Waals surface area contributed by atoms with Crippen LogP contribution in [0, 0.1) is 5.82 Å². The van der Waals surface area contributed by atoms with Gasteiger partial charge >= 0.3 is 5.97 Å². The Balaban J connectivity index is 2.20. The highest BCUT2D eigenvalue weighted by atomic mass is 19.1. The first-order valence-corrected chi connectivity index (χ1v) is 6.50. The summed E-state index contributed by atoms with van der Waals surface area (Å²) in [5.74, 6) is -1.90. The molecule has 0 bridgehead atoms. The second-order valence-electron chi connectivity index (χ2n) is 4.34. The minimum Gasteiger partial charge on any atom is -0.466 e. The topological polar surface area (TPSA) is 56.3 Å². The molecule has 0 N–H and O–H groups in total. The Morgan fingerprint density at radius 3 is 2.48 bits per heavy atom. The molecule has 0 amide bonds. The van der Waals surface area contributed by atoms with Gasteiger partial charge in [-0.05, 0) is 42.3 Å². The van der Waals surface area contributed by atoms with Gasteiger partial charge in [-0.2, -0.15) is 0 Å². The van der Waals surface area contributed by atoms with Crippen LogP contribution in [0.3, 0.4) is 0 Å². The van der Waals surface area contributed by atoms with Crippen molar-refractivity contribution in [1.29, 1.82) is 0 Å². The average molecular weight is 287 g/mol. The number of rotatable bonds is 5. The van der Waals surface area contributed by atoms with Crippen LogP contribution >= 0.6 is 0 Å². The zero-order chi connectivity index (χ0) is 15.2. The first kappa shape index (κ1) is 14.8. The molecular weight excluding hydrogens is 273 g/mol. The molecule has 0 saturated carbocycles. The van der Waals surface area contributed by atoms with Gasteiger partial charge in [-0.15, -0.1) is 0 Å². The molecule has 4 nitrogen and oxygen atoms in total. The summed E-state index contributed by atoms with van der Waals surface area (Å²) in [5, 5.41) is 0. The van der Waals surface area contributed by atoms with Crippen molar-refractivity contribution in [3.63, 3.8) is 0 Å². The van der Waals surface area contributed by atoms with E-state index in [0.717, 1.165) is 5.56 Å². The van der Waals surface area contributed by atoms with Crippen molar-refractivity contribution in [2.24, 2.45) is 0 Å². The number of carbonyl (C=O) groups excluding carboxylic acids is 2. The quantitative estimate of drug-likeness (QED) is 0.482. The van der Waals surface area contributed by atoms with Crippen LogP contribution in [0.25, 0.3) is 11.1 Å². The summed E-state index contributed by atoms with van der Waals surface area (Å²) in [6.45, 7) is 1.84. The third-order valence-corrected chi connectivity index (χ3v) is 2.89. The van der Waals surface area contributed by atoms with Crippen molar-refractivity contribution in [3.8, 4) is 11.1 Å². The van der Waals surface area contributed by atoms with E-state index in [1.165, 1.54) is 12.1 Å². The second kappa shape index (κ2) is 6.74. The largest absolute Gasteiger partial charge is 0.466 e. The number of hydrogen-bond acceptors (Lipinski definition) is 4. The van der Waals surface area contributed by atoms with E-state index in [4.69, 9.17) is 0 Å².